The van der Waals surface area contributed by atoms with Gasteiger partial charge in [-0.3, -0.25) is 14.7 Å². The number of hydrogen-bond donors (Lipinski definition) is 1. The van der Waals surface area contributed by atoms with Gasteiger partial charge in [0, 0.05) is 45.8 Å². The molecule has 2 heterocycles. The van der Waals surface area contributed by atoms with Gasteiger partial charge in [-0.15, -0.1) is 0 Å². The van der Waals surface area contributed by atoms with Gasteiger partial charge in [-0.2, -0.15) is 0 Å². The van der Waals surface area contributed by atoms with Crippen LogP contribution in [0.4, 0.5) is 0 Å². The molecule has 0 atom stereocenters. The van der Waals surface area contributed by atoms with Gasteiger partial charge in [0.2, 0.25) is 5.91 Å². The number of carboxylic acids is 1. The maximum Gasteiger partial charge on any atom is 0.337 e. The normalized spacial score (nSPS) is 16.8. The van der Waals surface area contributed by atoms with Crippen molar-refractivity contribution >= 4 is 11.9 Å². The Hall–Kier alpha value is -1.95. The number of amides is 1. The Bertz CT molecular complexity index is 487. The number of carbonyl (C=O) groups excluding carboxylic acids is 1. The molecule has 108 valence electrons. The van der Waals surface area contributed by atoms with E-state index in [4.69, 9.17) is 5.11 Å². The molecule has 2 rings (SSSR count). The highest BCUT2D eigenvalue weighted by atomic mass is 16.4. The minimum absolute atomic E-state index is 0.121. The standard InChI is InChI=1S/C14H19N3O3/c1-11(18)17-6-2-5-16(7-8-17)10-13-4-3-12(9-15-13)14(19)20/h3-4,9H,2,5-8,10H2,1H3,(H,19,20). The molecule has 0 aromatic carbocycles. The average Bonchev–Trinajstić information content (AvgIpc) is 2.65. The number of pyridine rings is 1. The number of hydrogen-bond acceptors (Lipinski definition) is 4. The molecule has 6 nitrogen and oxygen atoms in total. The molecule has 1 amide bonds. The molecule has 0 bridgehead atoms. The molecule has 20 heavy (non-hydrogen) atoms. The maximum atomic E-state index is 11.4. The van der Waals surface area contributed by atoms with Crippen molar-refractivity contribution in [3.63, 3.8) is 0 Å². The summed E-state index contributed by atoms with van der Waals surface area (Å²) in [7, 11) is 0. The molecular formula is C14H19N3O3. The fourth-order valence-electron chi connectivity index (χ4n) is 2.32. The number of rotatable bonds is 3. The third-order valence-electron chi connectivity index (χ3n) is 3.49. The van der Waals surface area contributed by atoms with Crippen LogP contribution in [0, 0.1) is 0 Å². The van der Waals surface area contributed by atoms with E-state index in [0.717, 1.165) is 38.3 Å². The van der Waals surface area contributed by atoms with Crippen LogP contribution in [-0.4, -0.2) is 57.9 Å². The Morgan fingerprint density at radius 3 is 2.65 bits per heavy atom. The molecule has 0 spiro atoms. The first-order chi connectivity index (χ1) is 9.56. The largest absolute Gasteiger partial charge is 0.478 e. The van der Waals surface area contributed by atoms with Gasteiger partial charge in [0.1, 0.15) is 0 Å². The zero-order valence-electron chi connectivity index (χ0n) is 11.6. The second-order valence-electron chi connectivity index (χ2n) is 4.98. The average molecular weight is 277 g/mol. The van der Waals surface area contributed by atoms with Crippen LogP contribution >= 0.6 is 0 Å². The fraction of sp³-hybridized carbons (Fsp3) is 0.500. The first-order valence-electron chi connectivity index (χ1n) is 6.72. The summed E-state index contributed by atoms with van der Waals surface area (Å²) < 4.78 is 0. The molecule has 0 radical (unpaired) electrons. The van der Waals surface area contributed by atoms with Gasteiger partial charge >= 0.3 is 5.97 Å². The molecule has 6 heteroatoms. The smallest absolute Gasteiger partial charge is 0.337 e. The van der Waals surface area contributed by atoms with Gasteiger partial charge < -0.3 is 10.0 Å². The summed E-state index contributed by atoms with van der Waals surface area (Å²) in [5.74, 6) is -0.841. The predicted octanol–water partition coefficient (Wildman–Crippen LogP) is 0.834. The van der Waals surface area contributed by atoms with Crippen molar-refractivity contribution in [3.8, 4) is 0 Å². The number of carboxylic acid groups (broad SMARTS) is 1. The van der Waals surface area contributed by atoms with Crippen LogP contribution in [0.5, 0.6) is 0 Å². The van der Waals surface area contributed by atoms with Gasteiger partial charge in [0.15, 0.2) is 0 Å². The van der Waals surface area contributed by atoms with Crippen molar-refractivity contribution in [2.75, 3.05) is 26.2 Å². The van der Waals surface area contributed by atoms with Crippen molar-refractivity contribution in [1.82, 2.24) is 14.8 Å². The molecule has 1 fully saturated rings. The van der Waals surface area contributed by atoms with Gasteiger partial charge in [-0.05, 0) is 18.6 Å². The van der Waals surface area contributed by atoms with Crippen LogP contribution in [0.2, 0.25) is 0 Å². The van der Waals surface area contributed by atoms with Gasteiger partial charge in [-0.25, -0.2) is 4.79 Å². The molecule has 1 aromatic heterocycles. The van der Waals surface area contributed by atoms with Crippen LogP contribution < -0.4 is 0 Å². The number of carbonyl (C=O) groups is 2. The summed E-state index contributed by atoms with van der Waals surface area (Å²) >= 11 is 0. The molecule has 1 aliphatic heterocycles. The lowest BCUT2D eigenvalue weighted by atomic mass is 10.2. The maximum absolute atomic E-state index is 11.4. The van der Waals surface area contributed by atoms with E-state index < -0.39 is 5.97 Å². The Labute approximate surface area is 118 Å². The Morgan fingerprint density at radius 1 is 1.25 bits per heavy atom. The van der Waals surface area contributed by atoms with Crippen LogP contribution in [0.1, 0.15) is 29.4 Å². The van der Waals surface area contributed by atoms with Gasteiger partial charge in [0.05, 0.1) is 11.3 Å². The lowest BCUT2D eigenvalue weighted by Gasteiger charge is -2.20. The van der Waals surface area contributed by atoms with E-state index in [2.05, 4.69) is 9.88 Å². The summed E-state index contributed by atoms with van der Waals surface area (Å²) in [6, 6.07) is 3.32. The van der Waals surface area contributed by atoms with Crippen molar-refractivity contribution in [1.29, 1.82) is 0 Å². The highest BCUT2D eigenvalue weighted by Gasteiger charge is 2.16. The minimum Gasteiger partial charge on any atom is -0.478 e. The Kier molecular flexibility index (Phi) is 4.68. The Balaban J connectivity index is 1.93. The van der Waals surface area contributed by atoms with E-state index in [1.54, 1.807) is 19.1 Å². The third kappa shape index (κ3) is 3.77. The molecule has 1 N–H and O–H groups in total. The molecule has 0 aliphatic carbocycles. The van der Waals surface area contributed by atoms with Gasteiger partial charge in [-0.1, -0.05) is 0 Å². The van der Waals surface area contributed by atoms with Crippen molar-refractivity contribution in [3.05, 3.63) is 29.6 Å². The van der Waals surface area contributed by atoms with E-state index in [-0.39, 0.29) is 11.5 Å². The number of nitrogens with zero attached hydrogens (tertiary/aromatic N) is 3. The second kappa shape index (κ2) is 6.47. The minimum atomic E-state index is -0.962. The zero-order chi connectivity index (χ0) is 14.5. The van der Waals surface area contributed by atoms with Crippen LogP contribution in [0.15, 0.2) is 18.3 Å². The third-order valence-corrected chi connectivity index (χ3v) is 3.49. The zero-order valence-corrected chi connectivity index (χ0v) is 11.6. The van der Waals surface area contributed by atoms with E-state index in [1.165, 1.54) is 6.20 Å². The molecule has 0 saturated carbocycles. The van der Waals surface area contributed by atoms with Gasteiger partial charge in [0.25, 0.3) is 0 Å². The summed E-state index contributed by atoms with van der Waals surface area (Å²) in [6.45, 7) is 5.57. The molecule has 1 saturated heterocycles. The summed E-state index contributed by atoms with van der Waals surface area (Å²) in [4.78, 5) is 30.4. The second-order valence-corrected chi connectivity index (χ2v) is 4.98. The lowest BCUT2D eigenvalue weighted by molar-refractivity contribution is -0.128. The summed E-state index contributed by atoms with van der Waals surface area (Å²) in [6.07, 6.45) is 2.34. The highest BCUT2D eigenvalue weighted by Crippen LogP contribution is 2.08. The van der Waals surface area contributed by atoms with Crippen molar-refractivity contribution < 1.29 is 14.7 Å². The van der Waals surface area contributed by atoms with Crippen molar-refractivity contribution in [2.24, 2.45) is 0 Å². The van der Waals surface area contributed by atoms with Crippen LogP contribution in [0.3, 0.4) is 0 Å². The lowest BCUT2D eigenvalue weighted by Crippen LogP contribution is -2.33. The predicted molar refractivity (Wildman–Crippen MR) is 73.3 cm³/mol. The monoisotopic (exact) mass is 277 g/mol. The van der Waals surface area contributed by atoms with Crippen LogP contribution in [0.25, 0.3) is 0 Å². The van der Waals surface area contributed by atoms with Crippen molar-refractivity contribution in [2.45, 2.75) is 19.9 Å². The highest BCUT2D eigenvalue weighted by molar-refractivity contribution is 5.87. The number of aromatic carboxylic acids is 1. The topological polar surface area (TPSA) is 73.7 Å². The van der Waals surface area contributed by atoms with E-state index in [0.29, 0.717) is 6.54 Å². The molecule has 0 unspecified atom stereocenters. The first kappa shape index (κ1) is 14.5. The van der Waals surface area contributed by atoms with E-state index in [9.17, 15) is 9.59 Å². The summed E-state index contributed by atoms with van der Waals surface area (Å²) in [5.41, 5.74) is 1.05. The first-order valence-corrected chi connectivity index (χ1v) is 6.72. The van der Waals surface area contributed by atoms with Crippen LogP contribution in [-0.2, 0) is 11.3 Å². The Morgan fingerprint density at radius 2 is 2.05 bits per heavy atom. The SMILES string of the molecule is CC(=O)N1CCCN(Cc2ccc(C(=O)O)cn2)CC1. The number of aromatic nitrogens is 1. The van der Waals surface area contributed by atoms with E-state index >= 15 is 0 Å². The molecule has 1 aromatic rings. The molecular weight excluding hydrogens is 258 g/mol. The summed E-state index contributed by atoms with van der Waals surface area (Å²) in [5, 5.41) is 8.83. The fourth-order valence-corrected chi connectivity index (χ4v) is 2.32. The molecule has 1 aliphatic rings. The van der Waals surface area contributed by atoms with E-state index in [1.807, 2.05) is 4.90 Å². The quantitative estimate of drug-likeness (QED) is 0.886.